The minimum absolute atomic E-state index is 0.0360. The lowest BCUT2D eigenvalue weighted by Crippen LogP contribution is -1.86. The normalized spacial score (nSPS) is 16.0. The van der Waals surface area contributed by atoms with Gasteiger partial charge in [-0.15, -0.1) is 11.3 Å². The van der Waals surface area contributed by atoms with Gasteiger partial charge in [-0.25, -0.2) is 0 Å². The van der Waals surface area contributed by atoms with Crippen molar-refractivity contribution in [2.75, 3.05) is 0 Å². The first kappa shape index (κ1) is 9.34. The molecule has 1 aromatic heterocycles. The molecule has 0 atom stereocenters. The van der Waals surface area contributed by atoms with E-state index in [-0.39, 0.29) is 47.4 Å². The van der Waals surface area contributed by atoms with Crippen LogP contribution >= 0.6 is 11.3 Å². The van der Waals surface area contributed by atoms with Crippen molar-refractivity contribution in [3.05, 3.63) is 95.8 Å². The summed E-state index contributed by atoms with van der Waals surface area (Å²) in [6.07, 6.45) is 0. The molecular weight excluding hydrogens is 344 g/mol. The fraction of sp³-hybridized carbons (Fsp3) is 0.0769. The molecule has 0 amide bonds. The molecule has 1 heteroatoms. The third-order valence-corrected chi connectivity index (χ3v) is 5.83. The Labute approximate surface area is 176 Å². The van der Waals surface area contributed by atoms with E-state index in [2.05, 4.69) is 0 Å². The van der Waals surface area contributed by atoms with Crippen LogP contribution in [-0.4, -0.2) is 0 Å². The molecule has 0 nitrogen and oxygen atoms in total. The monoisotopic (exact) mass is 373 g/mol. The maximum atomic E-state index is 8.61. The van der Waals surface area contributed by atoms with Crippen molar-refractivity contribution in [3.8, 4) is 22.3 Å². The van der Waals surface area contributed by atoms with E-state index in [4.69, 9.17) is 12.3 Å². The van der Waals surface area contributed by atoms with Crippen molar-refractivity contribution in [2.45, 2.75) is 13.8 Å². The van der Waals surface area contributed by atoms with Crippen LogP contribution in [-0.2, 0) is 0 Å². The topological polar surface area (TPSA) is 0 Å². The van der Waals surface area contributed by atoms with E-state index in [0.29, 0.717) is 16.7 Å². The standard InChI is InChI=1S/C26H20S/c1-17-8-6-11-20(16-17)21-14-15-24-25(18(21)2)26-22(12-7-13-23(26)27-24)19-9-4-3-5-10-19/h3-16H,1-2H3/i3D,4D,5D,6D,8D,9D,10D,11D,16D. The molecule has 27 heavy (non-hydrogen) atoms. The number of hydrogen-bond acceptors (Lipinski definition) is 1. The summed E-state index contributed by atoms with van der Waals surface area (Å²) in [7, 11) is 0. The molecule has 0 bridgehead atoms. The van der Waals surface area contributed by atoms with E-state index in [1.165, 1.54) is 11.3 Å². The number of aryl methyl sites for hydroxylation is 1. The molecule has 0 saturated carbocycles. The van der Waals surface area contributed by atoms with Gasteiger partial charge in [-0.1, -0.05) is 78.1 Å². The van der Waals surface area contributed by atoms with Gasteiger partial charge in [0, 0.05) is 20.2 Å². The Balaban J connectivity index is 1.93. The van der Waals surface area contributed by atoms with Gasteiger partial charge in [0.15, 0.2) is 0 Å². The van der Waals surface area contributed by atoms with Crippen LogP contribution in [0.1, 0.15) is 23.5 Å². The number of benzene rings is 4. The van der Waals surface area contributed by atoms with Crippen LogP contribution in [0.5, 0.6) is 0 Å². The van der Waals surface area contributed by atoms with Crippen LogP contribution in [0, 0.1) is 13.8 Å². The van der Waals surface area contributed by atoms with Crippen molar-refractivity contribution in [1.29, 1.82) is 0 Å². The quantitative estimate of drug-likeness (QED) is 0.294. The number of thiophene rings is 1. The second-order valence-electron chi connectivity index (χ2n) is 6.39. The zero-order valence-electron chi connectivity index (χ0n) is 23.8. The third-order valence-electron chi connectivity index (χ3n) is 4.71. The van der Waals surface area contributed by atoms with Crippen molar-refractivity contribution < 1.29 is 12.3 Å². The highest BCUT2D eigenvalue weighted by atomic mass is 32.1. The summed E-state index contributed by atoms with van der Waals surface area (Å²) in [5, 5.41) is 1.56. The van der Waals surface area contributed by atoms with Crippen LogP contribution in [0.15, 0.2) is 84.7 Å². The Bertz CT molecular complexity index is 1690. The third kappa shape index (κ3) is 2.67. The maximum absolute atomic E-state index is 8.61. The SMILES string of the molecule is [2H]c1c([2H])c([2H])c(-c2cccc3sc4ccc(-c5c([2H])c([2H])c([2H])c(C)c5[2H])c(C)c4c23)c([2H])c1[2H]. The van der Waals surface area contributed by atoms with Crippen LogP contribution in [0.2, 0.25) is 0 Å². The Morgan fingerprint density at radius 1 is 0.704 bits per heavy atom. The molecule has 5 aromatic rings. The molecule has 130 valence electrons. The van der Waals surface area contributed by atoms with Gasteiger partial charge in [0.1, 0.15) is 0 Å². The van der Waals surface area contributed by atoms with Gasteiger partial charge in [0.05, 0.1) is 12.3 Å². The second kappa shape index (κ2) is 6.37. The highest BCUT2D eigenvalue weighted by Crippen LogP contribution is 2.43. The summed E-state index contributed by atoms with van der Waals surface area (Å²) in [6, 6.07) is 6.90. The highest BCUT2D eigenvalue weighted by Gasteiger charge is 2.15. The summed E-state index contributed by atoms with van der Waals surface area (Å²) in [4.78, 5) is 0. The van der Waals surface area contributed by atoms with Crippen LogP contribution in [0.4, 0.5) is 0 Å². The molecule has 5 rings (SSSR count). The summed E-state index contributed by atoms with van der Waals surface area (Å²) < 4.78 is 76.4. The molecule has 0 radical (unpaired) electrons. The first-order valence-electron chi connectivity index (χ1n) is 13.1. The van der Waals surface area contributed by atoms with Crippen LogP contribution in [0.25, 0.3) is 42.4 Å². The predicted octanol–water partition coefficient (Wildman–Crippen LogP) is 8.01. The summed E-state index contributed by atoms with van der Waals surface area (Å²) in [5.74, 6) is 0. The minimum Gasteiger partial charge on any atom is -0.135 e. The first-order chi connectivity index (χ1) is 17.0. The molecule has 0 aliphatic rings. The van der Waals surface area contributed by atoms with Gasteiger partial charge in [0.25, 0.3) is 0 Å². The first-order valence-corrected chi connectivity index (χ1v) is 9.38. The van der Waals surface area contributed by atoms with Gasteiger partial charge in [-0.05, 0) is 53.8 Å². The molecule has 0 saturated heterocycles. The fourth-order valence-electron chi connectivity index (χ4n) is 3.51. The zero-order chi connectivity index (χ0) is 26.2. The average molecular weight is 374 g/mol. The lowest BCUT2D eigenvalue weighted by molar-refractivity contribution is 1.45. The smallest absolute Gasteiger partial charge is 0.0632 e. The molecular formula is C26H20S. The Morgan fingerprint density at radius 3 is 2.33 bits per heavy atom. The summed E-state index contributed by atoms with van der Waals surface area (Å²) >= 11 is 1.51. The molecule has 4 aromatic carbocycles. The summed E-state index contributed by atoms with van der Waals surface area (Å²) in [5.41, 5.74) is 2.63. The lowest BCUT2D eigenvalue weighted by Gasteiger charge is -2.10. The number of rotatable bonds is 2. The Hall–Kier alpha value is -2.90. The second-order valence-corrected chi connectivity index (χ2v) is 7.48. The van der Waals surface area contributed by atoms with Crippen molar-refractivity contribution >= 4 is 31.5 Å². The molecule has 0 aliphatic heterocycles. The Kier molecular flexibility index (Phi) is 2.20. The van der Waals surface area contributed by atoms with Crippen LogP contribution < -0.4 is 0 Å². The van der Waals surface area contributed by atoms with Gasteiger partial charge >= 0.3 is 0 Å². The van der Waals surface area contributed by atoms with Gasteiger partial charge in [0.2, 0.25) is 0 Å². The largest absolute Gasteiger partial charge is 0.135 e. The Morgan fingerprint density at radius 2 is 1.48 bits per heavy atom. The van der Waals surface area contributed by atoms with E-state index in [1.807, 2.05) is 25.1 Å². The molecule has 1 heterocycles. The zero-order valence-corrected chi connectivity index (χ0v) is 15.6. The van der Waals surface area contributed by atoms with Gasteiger partial charge < -0.3 is 0 Å². The lowest BCUT2D eigenvalue weighted by atomic mass is 9.93. The number of fused-ring (bicyclic) bond motifs is 3. The molecule has 0 unspecified atom stereocenters. The molecule has 0 aliphatic carbocycles. The van der Waals surface area contributed by atoms with Gasteiger partial charge in [-0.2, -0.15) is 0 Å². The van der Waals surface area contributed by atoms with E-state index < -0.39 is 18.1 Å². The maximum Gasteiger partial charge on any atom is 0.0632 e. The van der Waals surface area contributed by atoms with Gasteiger partial charge in [-0.3, -0.25) is 0 Å². The fourth-order valence-corrected chi connectivity index (χ4v) is 4.70. The van der Waals surface area contributed by atoms with E-state index in [9.17, 15) is 0 Å². The van der Waals surface area contributed by atoms with Crippen molar-refractivity contribution in [1.82, 2.24) is 0 Å². The highest BCUT2D eigenvalue weighted by molar-refractivity contribution is 7.26. The summed E-state index contributed by atoms with van der Waals surface area (Å²) in [6.45, 7) is 3.48. The average Bonchev–Trinajstić information content (AvgIpc) is 3.25. The molecule has 0 N–H and O–H groups in total. The van der Waals surface area contributed by atoms with E-state index in [0.717, 1.165) is 25.7 Å². The van der Waals surface area contributed by atoms with E-state index in [1.54, 1.807) is 19.1 Å². The number of hydrogen-bond donors (Lipinski definition) is 0. The molecule has 0 spiro atoms. The van der Waals surface area contributed by atoms with Crippen LogP contribution in [0.3, 0.4) is 0 Å². The van der Waals surface area contributed by atoms with E-state index >= 15 is 0 Å². The predicted molar refractivity (Wildman–Crippen MR) is 120 cm³/mol. The molecule has 0 fully saturated rings. The van der Waals surface area contributed by atoms with Crippen molar-refractivity contribution in [2.24, 2.45) is 0 Å². The van der Waals surface area contributed by atoms with Crippen molar-refractivity contribution in [3.63, 3.8) is 0 Å². The minimum atomic E-state index is -0.445.